The number of nitriles is 1. The standard InChI is InChI=1S/C17H13N3O4/c18-9-12-5-2-4-8-15(12)24-11-16(21)20-19-10-13-6-1-3-7-14(13)17(22)23/h1-8,10H,11H2,(H,20,21)(H,22,23)/b19-10+. The van der Waals surface area contributed by atoms with E-state index < -0.39 is 11.9 Å². The van der Waals surface area contributed by atoms with Gasteiger partial charge in [0.25, 0.3) is 5.91 Å². The third-order valence-electron chi connectivity index (χ3n) is 2.95. The van der Waals surface area contributed by atoms with Crippen molar-refractivity contribution in [3.05, 3.63) is 65.2 Å². The first-order valence-corrected chi connectivity index (χ1v) is 6.88. The van der Waals surface area contributed by atoms with Crippen molar-refractivity contribution in [3.63, 3.8) is 0 Å². The topological polar surface area (TPSA) is 112 Å². The van der Waals surface area contributed by atoms with E-state index in [4.69, 9.17) is 15.1 Å². The summed E-state index contributed by atoms with van der Waals surface area (Å²) in [6, 6.07) is 14.8. The molecule has 0 aliphatic carbocycles. The van der Waals surface area contributed by atoms with E-state index in [1.807, 2.05) is 6.07 Å². The minimum absolute atomic E-state index is 0.0784. The molecule has 0 radical (unpaired) electrons. The summed E-state index contributed by atoms with van der Waals surface area (Å²) in [5.41, 5.74) is 3.00. The summed E-state index contributed by atoms with van der Waals surface area (Å²) in [5, 5.41) is 21.7. The monoisotopic (exact) mass is 323 g/mol. The molecule has 0 atom stereocenters. The molecular weight excluding hydrogens is 310 g/mol. The molecule has 24 heavy (non-hydrogen) atoms. The molecule has 0 aliphatic rings. The normalized spacial score (nSPS) is 10.1. The van der Waals surface area contributed by atoms with Crippen LogP contribution in [0.2, 0.25) is 0 Å². The molecule has 2 aromatic rings. The van der Waals surface area contributed by atoms with Gasteiger partial charge in [0.05, 0.1) is 17.3 Å². The average Bonchev–Trinajstić information content (AvgIpc) is 2.60. The number of ether oxygens (including phenoxy) is 1. The summed E-state index contributed by atoms with van der Waals surface area (Å²) in [4.78, 5) is 22.7. The number of carboxylic acid groups (broad SMARTS) is 1. The Labute approximate surface area is 137 Å². The Bertz CT molecular complexity index is 825. The Kier molecular flexibility index (Phi) is 5.64. The highest BCUT2D eigenvalue weighted by Gasteiger charge is 2.08. The molecule has 2 rings (SSSR count). The van der Waals surface area contributed by atoms with E-state index in [2.05, 4.69) is 10.5 Å². The van der Waals surface area contributed by atoms with E-state index in [1.54, 1.807) is 42.5 Å². The number of carbonyl (C=O) groups is 2. The number of carboxylic acids is 1. The molecule has 2 N–H and O–H groups in total. The van der Waals surface area contributed by atoms with Crippen molar-refractivity contribution >= 4 is 18.1 Å². The van der Waals surface area contributed by atoms with Gasteiger partial charge in [-0.2, -0.15) is 10.4 Å². The van der Waals surface area contributed by atoms with Crippen molar-refractivity contribution in [3.8, 4) is 11.8 Å². The molecule has 7 heteroatoms. The molecule has 1 amide bonds. The predicted molar refractivity (Wildman–Crippen MR) is 85.8 cm³/mol. The summed E-state index contributed by atoms with van der Waals surface area (Å²) < 4.78 is 5.25. The zero-order chi connectivity index (χ0) is 17.4. The maximum atomic E-state index is 11.7. The van der Waals surface area contributed by atoms with Crippen LogP contribution in [0, 0.1) is 11.3 Å². The third-order valence-corrected chi connectivity index (χ3v) is 2.95. The fourth-order valence-electron chi connectivity index (χ4n) is 1.84. The molecule has 0 unspecified atom stereocenters. The molecule has 0 saturated carbocycles. The van der Waals surface area contributed by atoms with Crippen LogP contribution in [0.5, 0.6) is 5.75 Å². The van der Waals surface area contributed by atoms with Gasteiger partial charge in [-0.05, 0) is 18.2 Å². The van der Waals surface area contributed by atoms with Crippen LogP contribution >= 0.6 is 0 Å². The summed E-state index contributed by atoms with van der Waals surface area (Å²) >= 11 is 0. The van der Waals surface area contributed by atoms with E-state index in [-0.39, 0.29) is 12.2 Å². The smallest absolute Gasteiger partial charge is 0.336 e. The zero-order valence-electron chi connectivity index (χ0n) is 12.5. The van der Waals surface area contributed by atoms with Crippen molar-refractivity contribution in [2.75, 3.05) is 6.61 Å². The number of rotatable bonds is 6. The first-order valence-electron chi connectivity index (χ1n) is 6.88. The van der Waals surface area contributed by atoms with E-state index in [9.17, 15) is 9.59 Å². The summed E-state index contributed by atoms with van der Waals surface area (Å²) in [6.45, 7) is -0.323. The Balaban J connectivity index is 1.92. The van der Waals surface area contributed by atoms with E-state index in [0.29, 0.717) is 16.9 Å². The number of nitrogens with one attached hydrogen (secondary N) is 1. The Morgan fingerprint density at radius 1 is 1.21 bits per heavy atom. The molecule has 0 heterocycles. The van der Waals surface area contributed by atoms with Gasteiger partial charge in [-0.1, -0.05) is 30.3 Å². The molecule has 0 bridgehead atoms. The lowest BCUT2D eigenvalue weighted by Crippen LogP contribution is -2.24. The van der Waals surface area contributed by atoms with Gasteiger partial charge in [-0.3, -0.25) is 4.79 Å². The lowest BCUT2D eigenvalue weighted by atomic mass is 10.1. The molecule has 0 aliphatic heterocycles. The maximum absolute atomic E-state index is 11.7. The highest BCUT2D eigenvalue weighted by molar-refractivity contribution is 5.98. The number of aromatic carboxylic acids is 1. The van der Waals surface area contributed by atoms with Gasteiger partial charge in [-0.15, -0.1) is 0 Å². The lowest BCUT2D eigenvalue weighted by molar-refractivity contribution is -0.123. The van der Waals surface area contributed by atoms with Crippen LogP contribution in [0.4, 0.5) is 0 Å². The van der Waals surface area contributed by atoms with Crippen LogP contribution in [0.25, 0.3) is 0 Å². The molecular formula is C17H13N3O4. The quantitative estimate of drug-likeness (QED) is 0.621. The number of benzene rings is 2. The molecule has 120 valence electrons. The van der Waals surface area contributed by atoms with Crippen molar-refractivity contribution in [2.45, 2.75) is 0 Å². The van der Waals surface area contributed by atoms with Gasteiger partial charge in [0.1, 0.15) is 11.8 Å². The lowest BCUT2D eigenvalue weighted by Gasteiger charge is -2.06. The van der Waals surface area contributed by atoms with Crippen LogP contribution < -0.4 is 10.2 Å². The minimum atomic E-state index is -1.08. The molecule has 2 aromatic carbocycles. The largest absolute Gasteiger partial charge is 0.482 e. The first kappa shape index (κ1) is 16.7. The van der Waals surface area contributed by atoms with E-state index in [1.165, 1.54) is 12.3 Å². The average molecular weight is 323 g/mol. The minimum Gasteiger partial charge on any atom is -0.482 e. The molecule has 0 spiro atoms. The summed E-state index contributed by atoms with van der Waals surface area (Å²) in [6.07, 6.45) is 1.24. The maximum Gasteiger partial charge on any atom is 0.336 e. The van der Waals surface area contributed by atoms with Gasteiger partial charge in [0.2, 0.25) is 0 Å². The Morgan fingerprint density at radius 3 is 2.67 bits per heavy atom. The zero-order valence-corrected chi connectivity index (χ0v) is 12.5. The summed E-state index contributed by atoms with van der Waals surface area (Å²) in [7, 11) is 0. The SMILES string of the molecule is N#Cc1ccccc1OCC(=O)N/N=C/c1ccccc1C(=O)O. The second-order valence-electron chi connectivity index (χ2n) is 4.58. The number of amides is 1. The number of hydrazone groups is 1. The second-order valence-corrected chi connectivity index (χ2v) is 4.58. The van der Waals surface area contributed by atoms with E-state index >= 15 is 0 Å². The molecule has 7 nitrogen and oxygen atoms in total. The fraction of sp³-hybridized carbons (Fsp3) is 0.0588. The molecule has 0 aromatic heterocycles. The van der Waals surface area contributed by atoms with Gasteiger partial charge in [0, 0.05) is 5.56 Å². The third kappa shape index (κ3) is 4.42. The van der Waals surface area contributed by atoms with Gasteiger partial charge < -0.3 is 9.84 Å². The molecule has 0 fully saturated rings. The second kappa shape index (κ2) is 8.10. The summed E-state index contributed by atoms with van der Waals surface area (Å²) in [5.74, 6) is -1.32. The van der Waals surface area contributed by atoms with Crippen LogP contribution in [-0.2, 0) is 4.79 Å². The highest BCUT2D eigenvalue weighted by atomic mass is 16.5. The fourth-order valence-corrected chi connectivity index (χ4v) is 1.84. The van der Waals surface area contributed by atoms with Crippen molar-refractivity contribution in [1.29, 1.82) is 5.26 Å². The van der Waals surface area contributed by atoms with Crippen LogP contribution in [0.1, 0.15) is 21.5 Å². The Morgan fingerprint density at radius 2 is 1.92 bits per heavy atom. The van der Waals surface area contributed by atoms with Gasteiger partial charge >= 0.3 is 5.97 Å². The highest BCUT2D eigenvalue weighted by Crippen LogP contribution is 2.16. The molecule has 0 saturated heterocycles. The predicted octanol–water partition coefficient (Wildman–Crippen LogP) is 1.79. The van der Waals surface area contributed by atoms with Gasteiger partial charge in [0.15, 0.2) is 6.61 Å². The Hall–Kier alpha value is -3.66. The number of carbonyl (C=O) groups excluding carboxylic acids is 1. The van der Waals surface area contributed by atoms with Gasteiger partial charge in [-0.25, -0.2) is 10.2 Å². The number of hydrogen-bond acceptors (Lipinski definition) is 5. The van der Waals surface area contributed by atoms with Crippen molar-refractivity contribution in [2.24, 2.45) is 5.10 Å². The van der Waals surface area contributed by atoms with Crippen LogP contribution in [0.3, 0.4) is 0 Å². The number of para-hydroxylation sites is 1. The van der Waals surface area contributed by atoms with Crippen LogP contribution in [0.15, 0.2) is 53.6 Å². The number of hydrogen-bond donors (Lipinski definition) is 2. The van der Waals surface area contributed by atoms with Crippen molar-refractivity contribution in [1.82, 2.24) is 5.43 Å². The van der Waals surface area contributed by atoms with Crippen LogP contribution in [-0.4, -0.2) is 29.8 Å². The number of nitrogens with zero attached hydrogens (tertiary/aromatic N) is 2. The van der Waals surface area contributed by atoms with Crippen molar-refractivity contribution < 1.29 is 19.4 Å². The van der Waals surface area contributed by atoms with E-state index in [0.717, 1.165) is 0 Å². The first-order chi connectivity index (χ1) is 11.6.